The van der Waals surface area contributed by atoms with Crippen molar-refractivity contribution in [3.05, 3.63) is 0 Å². The number of carbonyl (C=O) groups excluding carboxylic acids is 1. The maximum absolute atomic E-state index is 11.8. The molecule has 1 atom stereocenters. The van der Waals surface area contributed by atoms with Gasteiger partial charge in [-0.15, -0.1) is 0 Å². The molecule has 1 aliphatic heterocycles. The molecule has 1 aliphatic rings. The molecule has 0 unspecified atom stereocenters. The van der Waals surface area contributed by atoms with Crippen LogP contribution < -0.4 is 0 Å². The van der Waals surface area contributed by atoms with Crippen molar-refractivity contribution >= 4 is 5.78 Å². The highest BCUT2D eigenvalue weighted by atomic mass is 16.7. The molecule has 0 amide bonds. The molecule has 0 radical (unpaired) electrons. The van der Waals surface area contributed by atoms with E-state index >= 15 is 0 Å². The summed E-state index contributed by atoms with van der Waals surface area (Å²) in [6, 6.07) is 0. The van der Waals surface area contributed by atoms with Crippen LogP contribution in [0.3, 0.4) is 0 Å². The summed E-state index contributed by atoms with van der Waals surface area (Å²) in [6.45, 7) is 10.3. The Balaban J connectivity index is 2.74. The van der Waals surface area contributed by atoms with Gasteiger partial charge in [0.05, 0.1) is 12.7 Å². The van der Waals surface area contributed by atoms with Crippen molar-refractivity contribution in [2.24, 2.45) is 5.41 Å². The number of hydrogen-bond donors (Lipinski definition) is 0. The molecule has 0 saturated carbocycles. The van der Waals surface area contributed by atoms with E-state index in [1.807, 2.05) is 34.6 Å². The van der Waals surface area contributed by atoms with Gasteiger partial charge in [-0.1, -0.05) is 20.8 Å². The Morgan fingerprint density at radius 3 is 2.53 bits per heavy atom. The summed E-state index contributed by atoms with van der Waals surface area (Å²) in [5, 5.41) is 0. The first kappa shape index (κ1) is 12.7. The average molecular weight is 214 g/mol. The van der Waals surface area contributed by atoms with Gasteiger partial charge < -0.3 is 9.47 Å². The highest BCUT2D eigenvalue weighted by Crippen LogP contribution is 2.34. The van der Waals surface area contributed by atoms with Gasteiger partial charge in [0.25, 0.3) is 0 Å². The van der Waals surface area contributed by atoms with Crippen LogP contribution in [0.15, 0.2) is 0 Å². The minimum absolute atomic E-state index is 0.0336. The summed E-state index contributed by atoms with van der Waals surface area (Å²) in [6.07, 6.45) is 1.32. The molecule has 1 rings (SSSR count). The van der Waals surface area contributed by atoms with E-state index in [0.29, 0.717) is 13.0 Å². The van der Waals surface area contributed by atoms with Gasteiger partial charge in [-0.3, -0.25) is 4.79 Å². The van der Waals surface area contributed by atoms with Crippen LogP contribution in [0.1, 0.15) is 47.5 Å². The molecular formula is C12H22O3. The van der Waals surface area contributed by atoms with Crippen molar-refractivity contribution in [3.8, 4) is 0 Å². The fraction of sp³-hybridized carbons (Fsp3) is 0.917. The summed E-state index contributed by atoms with van der Waals surface area (Å²) in [7, 11) is 0. The lowest BCUT2D eigenvalue weighted by atomic mass is 9.79. The third-order valence-electron chi connectivity index (χ3n) is 3.10. The lowest BCUT2D eigenvalue weighted by molar-refractivity contribution is -0.288. The van der Waals surface area contributed by atoms with Gasteiger partial charge in [-0.2, -0.15) is 0 Å². The van der Waals surface area contributed by atoms with Crippen LogP contribution in [0.25, 0.3) is 0 Å². The molecule has 0 N–H and O–H groups in total. The van der Waals surface area contributed by atoms with E-state index in [-0.39, 0.29) is 11.9 Å². The Morgan fingerprint density at radius 2 is 2.07 bits per heavy atom. The van der Waals surface area contributed by atoms with Crippen LogP contribution in [0, 0.1) is 5.41 Å². The zero-order valence-electron chi connectivity index (χ0n) is 10.4. The van der Waals surface area contributed by atoms with E-state index < -0.39 is 11.2 Å². The van der Waals surface area contributed by atoms with Crippen LogP contribution in [-0.2, 0) is 14.3 Å². The predicted molar refractivity (Wildman–Crippen MR) is 58.6 cm³/mol. The van der Waals surface area contributed by atoms with Crippen molar-refractivity contribution in [2.75, 3.05) is 6.61 Å². The van der Waals surface area contributed by atoms with Gasteiger partial charge in [-0.05, 0) is 20.3 Å². The molecule has 0 spiro atoms. The Kier molecular flexibility index (Phi) is 3.56. The second-order valence-corrected chi connectivity index (χ2v) is 5.14. The average Bonchev–Trinajstić information content (AvgIpc) is 2.15. The van der Waals surface area contributed by atoms with E-state index in [9.17, 15) is 4.79 Å². The van der Waals surface area contributed by atoms with Crippen molar-refractivity contribution < 1.29 is 14.3 Å². The quantitative estimate of drug-likeness (QED) is 0.724. The largest absolute Gasteiger partial charge is 0.350 e. The Hall–Kier alpha value is -0.410. The molecular weight excluding hydrogens is 192 g/mol. The van der Waals surface area contributed by atoms with Gasteiger partial charge in [-0.25, -0.2) is 0 Å². The minimum Gasteiger partial charge on any atom is -0.350 e. The van der Waals surface area contributed by atoms with Gasteiger partial charge >= 0.3 is 0 Å². The first-order chi connectivity index (χ1) is 6.79. The maximum atomic E-state index is 11.8. The number of Topliss-reactive ketones (excluding diaryl/α,β-unsaturated/α-hetero) is 1. The minimum atomic E-state index is -0.561. The standard InChI is InChI=1S/C12H22O3/c1-6-9(13)11(2,3)10-7-8-14-12(4,5)15-10/h10H,6-8H2,1-5H3/t10-/m1/s1. The normalized spacial score (nSPS) is 26.3. The maximum Gasteiger partial charge on any atom is 0.163 e. The summed E-state index contributed by atoms with van der Waals surface area (Å²) < 4.78 is 11.3. The summed E-state index contributed by atoms with van der Waals surface area (Å²) >= 11 is 0. The third-order valence-corrected chi connectivity index (χ3v) is 3.10. The molecule has 1 saturated heterocycles. The number of ether oxygens (including phenoxy) is 2. The molecule has 15 heavy (non-hydrogen) atoms. The van der Waals surface area contributed by atoms with Crippen molar-refractivity contribution in [1.29, 1.82) is 0 Å². The predicted octanol–water partition coefficient (Wildman–Crippen LogP) is 2.53. The Bertz CT molecular complexity index is 243. The summed E-state index contributed by atoms with van der Waals surface area (Å²) in [5.41, 5.74) is -0.407. The number of ketones is 1. The molecule has 88 valence electrons. The molecule has 3 nitrogen and oxygen atoms in total. The molecule has 0 aliphatic carbocycles. The topological polar surface area (TPSA) is 35.5 Å². The first-order valence-electron chi connectivity index (χ1n) is 5.64. The first-order valence-corrected chi connectivity index (χ1v) is 5.64. The smallest absolute Gasteiger partial charge is 0.163 e. The second-order valence-electron chi connectivity index (χ2n) is 5.14. The molecule has 3 heteroatoms. The second kappa shape index (κ2) is 4.22. The third kappa shape index (κ3) is 2.79. The zero-order valence-corrected chi connectivity index (χ0v) is 10.4. The highest BCUT2D eigenvalue weighted by Gasteiger charge is 2.42. The van der Waals surface area contributed by atoms with Gasteiger partial charge in [0.15, 0.2) is 5.79 Å². The SMILES string of the molecule is CCC(=O)C(C)(C)[C@H]1CCOC(C)(C)O1. The van der Waals surface area contributed by atoms with E-state index in [2.05, 4.69) is 0 Å². The van der Waals surface area contributed by atoms with Crippen molar-refractivity contribution in [2.45, 2.75) is 59.4 Å². The molecule has 0 bridgehead atoms. The highest BCUT2D eigenvalue weighted by molar-refractivity contribution is 5.84. The number of hydrogen-bond acceptors (Lipinski definition) is 3. The van der Waals surface area contributed by atoms with Crippen LogP contribution in [-0.4, -0.2) is 24.3 Å². The molecule has 0 aromatic heterocycles. The molecule has 1 fully saturated rings. The van der Waals surface area contributed by atoms with E-state index in [0.717, 1.165) is 6.42 Å². The number of rotatable bonds is 3. The monoisotopic (exact) mass is 214 g/mol. The zero-order chi connectivity index (χ0) is 11.7. The van der Waals surface area contributed by atoms with Gasteiger partial charge in [0, 0.05) is 11.8 Å². The van der Waals surface area contributed by atoms with E-state index in [1.54, 1.807) is 0 Å². The van der Waals surface area contributed by atoms with Gasteiger partial charge in [0.1, 0.15) is 5.78 Å². The van der Waals surface area contributed by atoms with Crippen LogP contribution >= 0.6 is 0 Å². The summed E-state index contributed by atoms with van der Waals surface area (Å²) in [5.74, 6) is -0.306. The van der Waals surface area contributed by atoms with Gasteiger partial charge in [0.2, 0.25) is 0 Å². The fourth-order valence-electron chi connectivity index (χ4n) is 1.99. The molecule has 1 heterocycles. The lowest BCUT2D eigenvalue weighted by Gasteiger charge is -2.42. The Labute approximate surface area is 92.1 Å². The summed E-state index contributed by atoms with van der Waals surface area (Å²) in [4.78, 5) is 11.8. The van der Waals surface area contributed by atoms with E-state index in [1.165, 1.54) is 0 Å². The fourth-order valence-corrected chi connectivity index (χ4v) is 1.99. The van der Waals surface area contributed by atoms with Crippen molar-refractivity contribution in [1.82, 2.24) is 0 Å². The molecule has 0 aromatic rings. The number of carbonyl (C=O) groups is 1. The van der Waals surface area contributed by atoms with Crippen LogP contribution in [0.4, 0.5) is 0 Å². The van der Waals surface area contributed by atoms with Crippen LogP contribution in [0.2, 0.25) is 0 Å². The molecule has 0 aromatic carbocycles. The van der Waals surface area contributed by atoms with Crippen molar-refractivity contribution in [3.63, 3.8) is 0 Å². The lowest BCUT2D eigenvalue weighted by Crippen LogP contribution is -2.49. The van der Waals surface area contributed by atoms with E-state index in [4.69, 9.17) is 9.47 Å². The van der Waals surface area contributed by atoms with Crippen LogP contribution in [0.5, 0.6) is 0 Å². The Morgan fingerprint density at radius 1 is 1.47 bits per heavy atom.